The average Bonchev–Trinajstić information content (AvgIpc) is 1.64. The van der Waals surface area contributed by atoms with Gasteiger partial charge in [-0.15, -0.1) is 0 Å². The van der Waals surface area contributed by atoms with Crippen LogP contribution in [0.5, 0.6) is 17.2 Å². The van der Waals surface area contributed by atoms with E-state index >= 15 is 0 Å². The van der Waals surface area contributed by atoms with Crippen LogP contribution in [0.15, 0.2) is 219 Å². The quantitative estimate of drug-likeness (QED) is 0.0206. The van der Waals surface area contributed by atoms with Gasteiger partial charge in [0.15, 0.2) is 0 Å². The SMILES string of the molecule is CCCCOc1ccnc(-c2ccnc(Nc3ccc4cc(C(=O)N(C)C)[nH]c4c3)n2)c1.CN(C)C(=O)c1cc2cc(Nc3nccc(-c4cc(OCC5(C)CCC5)ccn4)n3)ccc2[nH]1.COc1ccnc(-c2ccnc(Nc3ccc4[nH]c(C(=S)N(C)C)cc4c3)n2)c1.Cc1c(C(=O)N2CCN(C)CC2)[nH]c2ccc(Nc3nccc(-c4ccccn4)n3)cc12. The molecule has 0 bridgehead atoms. The number of nitrogens with zero attached hydrogens (tertiary/aromatic N) is 17. The van der Waals surface area contributed by atoms with Crippen LogP contribution < -0.4 is 35.5 Å². The van der Waals surface area contributed by atoms with Crippen LogP contribution >= 0.6 is 12.2 Å². The summed E-state index contributed by atoms with van der Waals surface area (Å²) in [4.78, 5) is 114. The van der Waals surface area contributed by atoms with Crippen molar-refractivity contribution in [3.05, 3.63) is 248 Å². The Balaban J connectivity index is 0.000000131. The number of carbonyl (C=O) groups is 3. The molecule has 1 saturated heterocycles. The number of hydrogen-bond donors (Lipinski definition) is 8. The number of hydrogen-bond acceptors (Lipinski definition) is 24. The van der Waals surface area contributed by atoms with Crippen LogP contribution in [0, 0.1) is 12.3 Å². The van der Waals surface area contributed by atoms with Crippen molar-refractivity contribution < 1.29 is 28.6 Å². The number of piperazine rings is 1. The first-order chi connectivity index (χ1) is 61.5. The molecular formula is C95H99N25O6S. The molecule has 3 amide bonds. The summed E-state index contributed by atoms with van der Waals surface area (Å²) in [7, 11) is 14.5. The Bertz CT molecular complexity index is 6600. The van der Waals surface area contributed by atoms with Crippen molar-refractivity contribution in [2.45, 2.75) is 52.9 Å². The summed E-state index contributed by atoms with van der Waals surface area (Å²) in [5.41, 5.74) is 16.8. The van der Waals surface area contributed by atoms with E-state index in [1.54, 1.807) is 101 Å². The fourth-order valence-corrected chi connectivity index (χ4v) is 14.3. The molecule has 127 heavy (non-hydrogen) atoms. The summed E-state index contributed by atoms with van der Waals surface area (Å²) < 4.78 is 17.1. The number of aryl methyl sites for hydroxylation is 1. The van der Waals surface area contributed by atoms with Crippen LogP contribution in [-0.2, 0) is 0 Å². The molecule has 1 aliphatic heterocycles. The van der Waals surface area contributed by atoms with Gasteiger partial charge < -0.3 is 79.9 Å². The van der Waals surface area contributed by atoms with E-state index < -0.39 is 0 Å². The van der Waals surface area contributed by atoms with Gasteiger partial charge in [0, 0.05) is 208 Å². The Morgan fingerprint density at radius 2 is 0.898 bits per heavy atom. The lowest BCUT2D eigenvalue weighted by molar-refractivity contribution is 0.0658. The topological polar surface area (TPSA) is 361 Å². The molecule has 8 N–H and O–H groups in total. The van der Waals surface area contributed by atoms with Crippen molar-refractivity contribution in [2.75, 3.05) is 117 Å². The van der Waals surface area contributed by atoms with E-state index in [9.17, 15) is 14.4 Å². The number of thiocarbonyl (C=S) groups is 1. The second kappa shape index (κ2) is 39.6. The Morgan fingerprint density at radius 3 is 1.39 bits per heavy atom. The number of benzene rings is 4. The highest BCUT2D eigenvalue weighted by atomic mass is 32.1. The van der Waals surface area contributed by atoms with Crippen LogP contribution in [0.2, 0.25) is 0 Å². The molecule has 32 heteroatoms. The minimum Gasteiger partial charge on any atom is -0.497 e. The summed E-state index contributed by atoms with van der Waals surface area (Å²) in [6.45, 7) is 11.1. The normalized spacial score (nSPS) is 12.7. The molecule has 1 aliphatic carbocycles. The highest BCUT2D eigenvalue weighted by Gasteiger charge is 2.33. The molecular weight excluding hydrogens is 1620 g/mol. The second-order valence-corrected chi connectivity index (χ2v) is 32.2. The van der Waals surface area contributed by atoms with Crippen LogP contribution in [0.4, 0.5) is 46.5 Å². The van der Waals surface area contributed by atoms with Gasteiger partial charge in [-0.25, -0.2) is 39.9 Å². The molecule has 0 atom stereocenters. The molecule has 16 aromatic rings. The van der Waals surface area contributed by atoms with Gasteiger partial charge in [0.25, 0.3) is 17.7 Å². The number of unbranched alkanes of at least 4 members (excludes halogenated alkanes) is 1. The van der Waals surface area contributed by atoms with Crippen LogP contribution in [-0.4, -0.2) is 223 Å². The lowest BCUT2D eigenvalue weighted by Crippen LogP contribution is -2.47. The lowest BCUT2D eigenvalue weighted by Gasteiger charge is -2.37. The third-order valence-electron chi connectivity index (χ3n) is 21.5. The molecule has 4 aromatic carbocycles. The maximum Gasteiger partial charge on any atom is 0.270 e. The van der Waals surface area contributed by atoms with Crippen molar-refractivity contribution >= 4 is 125 Å². The van der Waals surface area contributed by atoms with Gasteiger partial charge in [-0.1, -0.05) is 51.0 Å². The standard InChI is InChI=1S/C26H28N6O2.C24H25N7O.C24H26N6O2.C21H20N6OS/c1-26(9-4-10-26)16-34-19-7-11-27-22(15-19)21-8-12-28-25(31-21)29-18-5-6-20-17(13-18)14-23(30-20)24(33)32(2)3;1-16-18-15-17(27-24-26-10-8-21(29-24)20-5-3-4-9-25-20)6-7-19(18)28-22(16)23(32)31-13-11-30(2)12-14-31;1-4-5-12-32-18-8-10-25-21(15-18)19-9-11-26-24(29-19)27-17-7-6-16-13-22(23(31)30(2)3)28-20(16)14-17;1-27(2)20(29)19-11-13-10-14(4-5-16(13)25-19)24-21-23-9-7-17(26-21)18-12-15(28-3)6-8-22-18/h5-8,11-15,30H,4,9-10,16H2,1-3H3,(H,28,29,31);3-10,15,28H,11-14H2,1-2H3,(H,26,27,29);6-11,13-15,28H,4-5,12H2,1-3H3,(H,26,27,29);4-12,25H,1-3H3,(H,23,24,26). The highest BCUT2D eigenvalue weighted by molar-refractivity contribution is 7.80. The Kier molecular flexibility index (Phi) is 27.0. The molecule has 1 saturated carbocycles. The first-order valence-electron chi connectivity index (χ1n) is 41.7. The first kappa shape index (κ1) is 86.7. The summed E-state index contributed by atoms with van der Waals surface area (Å²) in [5.74, 6) is 4.14. The number of aromatic nitrogens is 16. The van der Waals surface area contributed by atoms with Gasteiger partial charge in [-0.2, -0.15) is 0 Å². The van der Waals surface area contributed by atoms with Crippen LogP contribution in [0.25, 0.3) is 89.2 Å². The fraction of sp³-hybridized carbons (Fsp3) is 0.242. The van der Waals surface area contributed by atoms with Gasteiger partial charge in [0.05, 0.1) is 71.6 Å². The molecule has 18 rings (SSSR count). The average molecular weight is 1720 g/mol. The van der Waals surface area contributed by atoms with E-state index in [-0.39, 0.29) is 23.1 Å². The predicted octanol–water partition coefficient (Wildman–Crippen LogP) is 17.1. The third-order valence-corrected chi connectivity index (χ3v) is 22.1. The number of likely N-dealkylation sites (N-methyl/N-ethyl adjacent to an activating group) is 1. The molecule has 13 heterocycles. The number of methoxy groups -OCH3 is 1. The lowest BCUT2D eigenvalue weighted by atomic mass is 9.71. The molecule has 2 aliphatic rings. The van der Waals surface area contributed by atoms with E-state index in [1.807, 2.05) is 195 Å². The van der Waals surface area contributed by atoms with Gasteiger partial charge in [-0.3, -0.25) is 34.3 Å². The Hall–Kier alpha value is -15.2. The maximum atomic E-state index is 13.1. The summed E-state index contributed by atoms with van der Waals surface area (Å²) in [6.07, 6.45) is 19.5. The summed E-state index contributed by atoms with van der Waals surface area (Å²) in [6, 6.07) is 53.5. The fourth-order valence-electron chi connectivity index (χ4n) is 14.2. The van der Waals surface area contributed by atoms with Crippen molar-refractivity contribution in [1.82, 2.24) is 104 Å². The van der Waals surface area contributed by atoms with E-state index in [0.717, 1.165) is 174 Å². The highest BCUT2D eigenvalue weighted by Crippen LogP contribution is 2.41. The minimum absolute atomic E-state index is 0.0627. The number of ether oxygens (including phenoxy) is 3. The van der Waals surface area contributed by atoms with E-state index in [0.29, 0.717) is 64.6 Å². The smallest absolute Gasteiger partial charge is 0.270 e. The monoisotopic (exact) mass is 1720 g/mol. The molecule has 31 nitrogen and oxygen atoms in total. The van der Waals surface area contributed by atoms with E-state index in [2.05, 4.69) is 127 Å². The number of H-pyrrole nitrogens is 4. The van der Waals surface area contributed by atoms with Gasteiger partial charge in [-0.05, 0) is 178 Å². The largest absolute Gasteiger partial charge is 0.497 e. The minimum atomic E-state index is -0.0693. The zero-order valence-corrected chi connectivity index (χ0v) is 73.3. The van der Waals surface area contributed by atoms with Crippen LogP contribution in [0.1, 0.15) is 88.7 Å². The number of fused-ring (bicyclic) bond motifs is 4. The van der Waals surface area contributed by atoms with E-state index in [1.165, 1.54) is 19.3 Å². The van der Waals surface area contributed by atoms with E-state index in [4.69, 9.17) is 26.4 Å². The Morgan fingerprint density at radius 1 is 0.449 bits per heavy atom. The van der Waals surface area contributed by atoms with Crippen LogP contribution in [0.3, 0.4) is 0 Å². The zero-order valence-electron chi connectivity index (χ0n) is 72.5. The third kappa shape index (κ3) is 21.7. The predicted molar refractivity (Wildman–Crippen MR) is 501 cm³/mol. The molecule has 0 radical (unpaired) electrons. The van der Waals surface area contributed by atoms with Gasteiger partial charge >= 0.3 is 0 Å². The molecule has 2 fully saturated rings. The van der Waals surface area contributed by atoms with Gasteiger partial charge in [0.1, 0.15) is 39.3 Å². The zero-order chi connectivity index (χ0) is 88.7. The summed E-state index contributed by atoms with van der Waals surface area (Å²) >= 11 is 5.45. The number of nitrogens with one attached hydrogen (secondary N) is 8. The summed E-state index contributed by atoms with van der Waals surface area (Å²) in [5, 5.41) is 17.0. The maximum absolute atomic E-state index is 13.1. The molecule has 646 valence electrons. The first-order valence-corrected chi connectivity index (χ1v) is 42.1. The number of amides is 3. The molecule has 0 spiro atoms. The van der Waals surface area contributed by atoms with Gasteiger partial charge in [0.2, 0.25) is 23.8 Å². The molecule has 12 aromatic heterocycles. The number of aromatic amines is 4. The number of anilines is 8. The number of rotatable bonds is 24. The second-order valence-electron chi connectivity index (χ2n) is 31.8. The number of pyridine rings is 4. The molecule has 0 unspecified atom stereocenters. The van der Waals surface area contributed by atoms with Crippen molar-refractivity contribution in [1.29, 1.82) is 0 Å². The Labute approximate surface area is 739 Å². The number of carbonyl (C=O) groups excluding carboxylic acids is 3. The van der Waals surface area contributed by atoms with Crippen molar-refractivity contribution in [2.24, 2.45) is 5.41 Å². The van der Waals surface area contributed by atoms with Crippen molar-refractivity contribution in [3.8, 4) is 62.8 Å². The van der Waals surface area contributed by atoms with Crippen molar-refractivity contribution in [3.63, 3.8) is 0 Å².